The second kappa shape index (κ2) is 6.19. The van der Waals surface area contributed by atoms with Crippen molar-refractivity contribution in [2.75, 3.05) is 13.2 Å². The van der Waals surface area contributed by atoms with Gasteiger partial charge in [-0.1, -0.05) is 17.3 Å². The molecule has 1 aromatic heterocycles. The Balaban J connectivity index is 2.34. The van der Waals surface area contributed by atoms with Crippen LogP contribution in [0, 0.1) is 0 Å². The third-order valence-corrected chi connectivity index (χ3v) is 2.86. The number of amidine groups is 1. The standard InChI is InChI=1S/C13H18N4O2/c1-2-19-8-7-17-11-6-4-3-5-10(11)15-13(17)9-12(14)16-18/h3-6,18H,2,7-9H2,1H3,(H2,14,16). The first-order valence-corrected chi connectivity index (χ1v) is 6.24. The third kappa shape index (κ3) is 3.03. The van der Waals surface area contributed by atoms with Crippen LogP contribution in [0.2, 0.25) is 0 Å². The van der Waals surface area contributed by atoms with E-state index in [-0.39, 0.29) is 5.84 Å². The lowest BCUT2D eigenvalue weighted by molar-refractivity contribution is 0.139. The zero-order chi connectivity index (χ0) is 13.7. The van der Waals surface area contributed by atoms with E-state index in [0.717, 1.165) is 16.9 Å². The van der Waals surface area contributed by atoms with Crippen molar-refractivity contribution >= 4 is 16.9 Å². The summed E-state index contributed by atoms with van der Waals surface area (Å²) in [7, 11) is 0. The van der Waals surface area contributed by atoms with Crippen LogP contribution in [-0.4, -0.2) is 33.8 Å². The minimum absolute atomic E-state index is 0.146. The normalized spacial score (nSPS) is 12.2. The number of rotatable bonds is 6. The number of para-hydroxylation sites is 2. The summed E-state index contributed by atoms with van der Waals surface area (Å²) in [6.07, 6.45) is 0.317. The highest BCUT2D eigenvalue weighted by atomic mass is 16.5. The number of nitrogens with two attached hydrogens (primary N) is 1. The Morgan fingerprint density at radius 1 is 1.47 bits per heavy atom. The van der Waals surface area contributed by atoms with Gasteiger partial charge in [0.1, 0.15) is 11.7 Å². The number of hydrogen-bond acceptors (Lipinski definition) is 4. The fourth-order valence-electron chi connectivity index (χ4n) is 2.01. The van der Waals surface area contributed by atoms with E-state index in [4.69, 9.17) is 15.7 Å². The van der Waals surface area contributed by atoms with Gasteiger partial charge in [-0.15, -0.1) is 0 Å². The molecule has 0 aliphatic heterocycles. The second-order valence-corrected chi connectivity index (χ2v) is 4.13. The molecule has 2 aromatic rings. The molecule has 1 heterocycles. The van der Waals surface area contributed by atoms with E-state index in [2.05, 4.69) is 10.1 Å². The van der Waals surface area contributed by atoms with Crippen molar-refractivity contribution < 1.29 is 9.94 Å². The van der Waals surface area contributed by atoms with Gasteiger partial charge in [0.15, 0.2) is 0 Å². The van der Waals surface area contributed by atoms with E-state index >= 15 is 0 Å². The van der Waals surface area contributed by atoms with Crippen LogP contribution in [0.25, 0.3) is 11.0 Å². The number of nitrogens with zero attached hydrogens (tertiary/aromatic N) is 3. The predicted molar refractivity (Wildman–Crippen MR) is 73.3 cm³/mol. The van der Waals surface area contributed by atoms with Crippen LogP contribution in [0.5, 0.6) is 0 Å². The SMILES string of the molecule is CCOCCn1c(CC(N)=NO)nc2ccccc21. The molecule has 0 spiro atoms. The van der Waals surface area contributed by atoms with E-state index in [9.17, 15) is 0 Å². The molecule has 0 unspecified atom stereocenters. The molecule has 0 radical (unpaired) electrons. The molecule has 0 saturated carbocycles. The molecule has 0 bridgehead atoms. The highest BCUT2D eigenvalue weighted by Crippen LogP contribution is 2.16. The number of ether oxygens (including phenoxy) is 1. The number of imidazole rings is 1. The smallest absolute Gasteiger partial charge is 0.146 e. The molecule has 0 amide bonds. The number of aromatic nitrogens is 2. The van der Waals surface area contributed by atoms with Gasteiger partial charge in [-0.2, -0.15) is 0 Å². The summed E-state index contributed by atoms with van der Waals surface area (Å²) in [6.45, 7) is 3.95. The topological polar surface area (TPSA) is 85.7 Å². The fraction of sp³-hybridized carbons (Fsp3) is 0.385. The average molecular weight is 262 g/mol. The van der Waals surface area contributed by atoms with Gasteiger partial charge >= 0.3 is 0 Å². The van der Waals surface area contributed by atoms with Gasteiger partial charge in [0, 0.05) is 13.2 Å². The Hall–Kier alpha value is -2.08. The molecule has 102 valence electrons. The summed E-state index contributed by atoms with van der Waals surface area (Å²) >= 11 is 0. The highest BCUT2D eigenvalue weighted by Gasteiger charge is 2.11. The summed E-state index contributed by atoms with van der Waals surface area (Å²) < 4.78 is 7.43. The molecule has 0 fully saturated rings. The van der Waals surface area contributed by atoms with E-state index in [1.807, 2.05) is 35.8 Å². The van der Waals surface area contributed by atoms with Crippen LogP contribution in [0.3, 0.4) is 0 Å². The van der Waals surface area contributed by atoms with Crippen LogP contribution in [0.15, 0.2) is 29.4 Å². The quantitative estimate of drug-likeness (QED) is 0.270. The minimum atomic E-state index is 0.146. The third-order valence-electron chi connectivity index (χ3n) is 2.86. The van der Waals surface area contributed by atoms with Crippen LogP contribution in [0.1, 0.15) is 12.7 Å². The van der Waals surface area contributed by atoms with Crippen LogP contribution in [-0.2, 0) is 17.7 Å². The minimum Gasteiger partial charge on any atom is -0.409 e. The average Bonchev–Trinajstić information content (AvgIpc) is 2.77. The number of oxime groups is 1. The molecule has 3 N–H and O–H groups in total. The molecule has 2 rings (SSSR count). The zero-order valence-corrected chi connectivity index (χ0v) is 10.9. The Morgan fingerprint density at radius 3 is 3.00 bits per heavy atom. The monoisotopic (exact) mass is 262 g/mol. The van der Waals surface area contributed by atoms with Gasteiger partial charge in [0.2, 0.25) is 0 Å². The van der Waals surface area contributed by atoms with Crippen molar-refractivity contribution in [1.82, 2.24) is 9.55 Å². The summed E-state index contributed by atoms with van der Waals surface area (Å²) in [5, 5.41) is 11.7. The maximum Gasteiger partial charge on any atom is 0.146 e. The van der Waals surface area contributed by atoms with Gasteiger partial charge in [-0.05, 0) is 19.1 Å². The van der Waals surface area contributed by atoms with Gasteiger partial charge in [0.25, 0.3) is 0 Å². The Labute approximate surface area is 111 Å². The van der Waals surface area contributed by atoms with Gasteiger partial charge in [-0.3, -0.25) is 0 Å². The summed E-state index contributed by atoms with van der Waals surface area (Å²) in [5.74, 6) is 0.921. The van der Waals surface area contributed by atoms with Crippen LogP contribution in [0.4, 0.5) is 0 Å². The number of hydrogen-bond donors (Lipinski definition) is 2. The maximum absolute atomic E-state index is 8.68. The first kappa shape index (κ1) is 13.4. The Bertz CT molecular complexity index is 577. The first-order valence-electron chi connectivity index (χ1n) is 6.24. The zero-order valence-electron chi connectivity index (χ0n) is 10.9. The number of benzene rings is 1. The van der Waals surface area contributed by atoms with Crippen LogP contribution < -0.4 is 5.73 Å². The molecule has 0 atom stereocenters. The Kier molecular flexibility index (Phi) is 4.35. The van der Waals surface area contributed by atoms with Crippen molar-refractivity contribution in [3.8, 4) is 0 Å². The molecule has 6 heteroatoms. The molecular formula is C13H18N4O2. The van der Waals surface area contributed by atoms with E-state index in [0.29, 0.717) is 26.2 Å². The lowest BCUT2D eigenvalue weighted by atomic mass is 10.3. The lowest BCUT2D eigenvalue weighted by Gasteiger charge is -2.08. The summed E-state index contributed by atoms with van der Waals surface area (Å²) in [5.41, 5.74) is 7.50. The van der Waals surface area contributed by atoms with Crippen LogP contribution >= 0.6 is 0 Å². The van der Waals surface area contributed by atoms with Crippen molar-refractivity contribution in [3.05, 3.63) is 30.1 Å². The van der Waals surface area contributed by atoms with Crippen molar-refractivity contribution in [2.45, 2.75) is 19.9 Å². The Morgan fingerprint density at radius 2 is 2.26 bits per heavy atom. The van der Waals surface area contributed by atoms with Crippen molar-refractivity contribution in [3.63, 3.8) is 0 Å². The molecule has 0 aliphatic rings. The van der Waals surface area contributed by atoms with Crippen molar-refractivity contribution in [1.29, 1.82) is 0 Å². The molecule has 19 heavy (non-hydrogen) atoms. The molecule has 0 saturated heterocycles. The maximum atomic E-state index is 8.68. The summed E-state index contributed by atoms with van der Waals surface area (Å²) in [4.78, 5) is 4.51. The van der Waals surface area contributed by atoms with Gasteiger partial charge in [-0.25, -0.2) is 4.98 Å². The summed E-state index contributed by atoms with van der Waals surface area (Å²) in [6, 6.07) is 7.86. The lowest BCUT2D eigenvalue weighted by Crippen LogP contribution is -2.19. The van der Waals surface area contributed by atoms with E-state index in [1.54, 1.807) is 0 Å². The molecule has 0 aliphatic carbocycles. The second-order valence-electron chi connectivity index (χ2n) is 4.13. The molecular weight excluding hydrogens is 244 g/mol. The highest BCUT2D eigenvalue weighted by molar-refractivity contribution is 5.83. The van der Waals surface area contributed by atoms with E-state index < -0.39 is 0 Å². The number of fused-ring (bicyclic) bond motifs is 1. The first-order chi connectivity index (χ1) is 9.26. The molecule has 6 nitrogen and oxygen atoms in total. The van der Waals surface area contributed by atoms with E-state index in [1.165, 1.54) is 0 Å². The van der Waals surface area contributed by atoms with Crippen molar-refractivity contribution in [2.24, 2.45) is 10.9 Å². The van der Waals surface area contributed by atoms with Gasteiger partial charge in [0.05, 0.1) is 24.1 Å². The largest absolute Gasteiger partial charge is 0.409 e. The molecule has 1 aromatic carbocycles. The predicted octanol–water partition coefficient (Wildman–Crippen LogP) is 1.36. The fourth-order valence-corrected chi connectivity index (χ4v) is 2.01. The van der Waals surface area contributed by atoms with Gasteiger partial charge < -0.3 is 20.2 Å².